The highest BCUT2D eigenvalue weighted by Gasteiger charge is 2.31. The lowest BCUT2D eigenvalue weighted by atomic mass is 10.1. The van der Waals surface area contributed by atoms with Crippen molar-refractivity contribution in [3.05, 3.63) is 59.3 Å². The summed E-state index contributed by atoms with van der Waals surface area (Å²) in [5.74, 6) is -1.24. The first-order chi connectivity index (χ1) is 12.8. The van der Waals surface area contributed by atoms with Crippen molar-refractivity contribution in [1.82, 2.24) is 9.88 Å². The van der Waals surface area contributed by atoms with Crippen molar-refractivity contribution in [2.45, 2.75) is 25.6 Å². The maximum Gasteiger partial charge on any atom is 0.417 e. The maximum absolute atomic E-state index is 13.5. The monoisotopic (exact) mass is 385 g/mol. The lowest BCUT2D eigenvalue weighted by Gasteiger charge is -2.28. The standard InChI is InChI=1S/C19H20F5N3/c1-13(14-3-5-16(20)17(21)11-14)26-7-2-8-27(10-9-26)18-6-4-15(12-25-18)19(22,23)24/h3-6,11-13H,2,7-10H2,1H3. The molecule has 0 bridgehead atoms. The van der Waals surface area contributed by atoms with Gasteiger partial charge in [0.25, 0.3) is 0 Å². The van der Waals surface area contributed by atoms with Crippen LogP contribution in [0, 0.1) is 11.6 Å². The van der Waals surface area contributed by atoms with Crippen LogP contribution in [-0.2, 0) is 6.18 Å². The molecule has 0 aliphatic carbocycles. The molecule has 0 N–H and O–H groups in total. The molecule has 2 aromatic rings. The van der Waals surface area contributed by atoms with Crippen LogP contribution in [-0.4, -0.2) is 36.1 Å². The van der Waals surface area contributed by atoms with Crippen molar-refractivity contribution in [1.29, 1.82) is 0 Å². The molecule has 1 fully saturated rings. The van der Waals surface area contributed by atoms with Crippen molar-refractivity contribution >= 4 is 5.82 Å². The Kier molecular flexibility index (Phi) is 5.64. The van der Waals surface area contributed by atoms with Crippen molar-refractivity contribution in [2.75, 3.05) is 31.1 Å². The highest BCUT2D eigenvalue weighted by atomic mass is 19.4. The summed E-state index contributed by atoms with van der Waals surface area (Å²) in [4.78, 5) is 8.05. The minimum Gasteiger partial charge on any atom is -0.355 e. The molecule has 1 atom stereocenters. The van der Waals surface area contributed by atoms with Crippen LogP contribution in [0.3, 0.4) is 0 Å². The molecule has 0 spiro atoms. The number of aromatic nitrogens is 1. The van der Waals surface area contributed by atoms with Crippen molar-refractivity contribution in [3.63, 3.8) is 0 Å². The van der Waals surface area contributed by atoms with Gasteiger partial charge in [0.15, 0.2) is 11.6 Å². The van der Waals surface area contributed by atoms with E-state index in [1.54, 1.807) is 6.07 Å². The largest absolute Gasteiger partial charge is 0.417 e. The molecule has 1 aromatic heterocycles. The Balaban J connectivity index is 1.67. The fourth-order valence-electron chi connectivity index (χ4n) is 3.28. The van der Waals surface area contributed by atoms with E-state index >= 15 is 0 Å². The second kappa shape index (κ2) is 7.80. The predicted octanol–water partition coefficient (Wildman–Crippen LogP) is 4.65. The van der Waals surface area contributed by atoms with Gasteiger partial charge in [0.1, 0.15) is 5.82 Å². The molecular weight excluding hydrogens is 365 g/mol. The van der Waals surface area contributed by atoms with Crippen LogP contribution in [0.1, 0.15) is 30.5 Å². The third-order valence-electron chi connectivity index (χ3n) is 4.90. The van der Waals surface area contributed by atoms with Crippen molar-refractivity contribution in [3.8, 4) is 0 Å². The highest BCUT2D eigenvalue weighted by molar-refractivity contribution is 5.40. The topological polar surface area (TPSA) is 19.4 Å². The van der Waals surface area contributed by atoms with E-state index < -0.39 is 23.4 Å². The third kappa shape index (κ3) is 4.55. The zero-order chi connectivity index (χ0) is 19.6. The number of nitrogens with zero attached hydrogens (tertiary/aromatic N) is 3. The molecule has 1 aromatic carbocycles. The minimum absolute atomic E-state index is 0.0967. The normalized spacial score (nSPS) is 17.6. The highest BCUT2D eigenvalue weighted by Crippen LogP contribution is 2.30. The number of rotatable bonds is 3. The Hall–Kier alpha value is -2.22. The van der Waals surface area contributed by atoms with Crippen LogP contribution >= 0.6 is 0 Å². The summed E-state index contributed by atoms with van der Waals surface area (Å²) in [6.45, 7) is 4.57. The van der Waals surface area contributed by atoms with E-state index in [1.807, 2.05) is 11.8 Å². The van der Waals surface area contributed by atoms with E-state index in [4.69, 9.17) is 0 Å². The number of hydrogen-bond donors (Lipinski definition) is 0. The third-order valence-corrected chi connectivity index (χ3v) is 4.90. The molecule has 0 saturated carbocycles. The lowest BCUT2D eigenvalue weighted by molar-refractivity contribution is -0.137. The lowest BCUT2D eigenvalue weighted by Crippen LogP contribution is -2.33. The van der Waals surface area contributed by atoms with E-state index in [9.17, 15) is 22.0 Å². The van der Waals surface area contributed by atoms with E-state index in [2.05, 4.69) is 9.88 Å². The minimum atomic E-state index is -4.40. The summed E-state index contributed by atoms with van der Waals surface area (Å²) < 4.78 is 64.6. The molecule has 0 radical (unpaired) electrons. The number of benzene rings is 1. The number of anilines is 1. The van der Waals surface area contributed by atoms with Gasteiger partial charge in [0.2, 0.25) is 0 Å². The maximum atomic E-state index is 13.5. The average molecular weight is 385 g/mol. The molecule has 27 heavy (non-hydrogen) atoms. The first-order valence-corrected chi connectivity index (χ1v) is 8.73. The van der Waals surface area contributed by atoms with Crippen LogP contribution in [0.4, 0.5) is 27.8 Å². The van der Waals surface area contributed by atoms with E-state index in [0.29, 0.717) is 31.0 Å². The number of alkyl halides is 3. The Morgan fingerprint density at radius 1 is 0.963 bits per heavy atom. The molecule has 1 aliphatic rings. The number of pyridine rings is 1. The predicted molar refractivity (Wildman–Crippen MR) is 92.4 cm³/mol. The Labute approximate surface area is 154 Å². The van der Waals surface area contributed by atoms with Gasteiger partial charge < -0.3 is 4.90 Å². The van der Waals surface area contributed by atoms with E-state index in [-0.39, 0.29) is 6.04 Å². The summed E-state index contributed by atoms with van der Waals surface area (Å²) in [5.41, 5.74) is -0.0790. The summed E-state index contributed by atoms with van der Waals surface area (Å²) >= 11 is 0. The molecule has 146 valence electrons. The van der Waals surface area contributed by atoms with E-state index in [0.717, 1.165) is 31.3 Å². The summed E-state index contributed by atoms with van der Waals surface area (Å²) in [6, 6.07) is 6.23. The molecule has 3 rings (SSSR count). The fraction of sp³-hybridized carbons (Fsp3) is 0.421. The van der Waals surface area contributed by atoms with Gasteiger partial charge in [-0.3, -0.25) is 4.90 Å². The second-order valence-electron chi connectivity index (χ2n) is 6.63. The zero-order valence-corrected chi connectivity index (χ0v) is 14.8. The molecule has 1 unspecified atom stereocenters. The summed E-state index contributed by atoms with van der Waals surface area (Å²) in [6.07, 6.45) is -2.76. The van der Waals surface area contributed by atoms with Crippen LogP contribution in [0.5, 0.6) is 0 Å². The first kappa shape index (κ1) is 19.5. The molecular formula is C19H20F5N3. The average Bonchev–Trinajstić information content (AvgIpc) is 2.89. The first-order valence-electron chi connectivity index (χ1n) is 8.73. The molecule has 1 saturated heterocycles. The van der Waals surface area contributed by atoms with Crippen molar-refractivity contribution in [2.24, 2.45) is 0 Å². The fourth-order valence-corrected chi connectivity index (χ4v) is 3.28. The van der Waals surface area contributed by atoms with Crippen LogP contribution in [0.2, 0.25) is 0 Å². The zero-order valence-electron chi connectivity index (χ0n) is 14.8. The molecule has 3 nitrogen and oxygen atoms in total. The molecule has 0 amide bonds. The second-order valence-corrected chi connectivity index (χ2v) is 6.63. The quantitative estimate of drug-likeness (QED) is 0.717. The van der Waals surface area contributed by atoms with Crippen molar-refractivity contribution < 1.29 is 22.0 Å². The molecule has 1 aliphatic heterocycles. The number of hydrogen-bond acceptors (Lipinski definition) is 3. The van der Waals surface area contributed by atoms with Gasteiger partial charge in [-0.05, 0) is 43.2 Å². The van der Waals surface area contributed by atoms with E-state index in [1.165, 1.54) is 12.1 Å². The van der Waals surface area contributed by atoms with Gasteiger partial charge in [0.05, 0.1) is 5.56 Å². The SMILES string of the molecule is CC(c1ccc(F)c(F)c1)N1CCCN(c2ccc(C(F)(F)F)cn2)CC1. The summed E-state index contributed by atoms with van der Waals surface area (Å²) in [5, 5.41) is 0. The number of halogens is 5. The smallest absolute Gasteiger partial charge is 0.355 e. The van der Waals surface area contributed by atoms with Gasteiger partial charge in [-0.1, -0.05) is 6.07 Å². The molecule has 8 heteroatoms. The Morgan fingerprint density at radius 3 is 2.37 bits per heavy atom. The van der Waals surface area contributed by atoms with Gasteiger partial charge in [0, 0.05) is 38.4 Å². The van der Waals surface area contributed by atoms with Crippen LogP contribution in [0.15, 0.2) is 36.5 Å². The van der Waals surface area contributed by atoms with Gasteiger partial charge in [-0.15, -0.1) is 0 Å². The van der Waals surface area contributed by atoms with Gasteiger partial charge >= 0.3 is 6.18 Å². The van der Waals surface area contributed by atoms with Gasteiger partial charge in [-0.2, -0.15) is 13.2 Å². The van der Waals surface area contributed by atoms with Crippen LogP contribution in [0.25, 0.3) is 0 Å². The van der Waals surface area contributed by atoms with Gasteiger partial charge in [-0.25, -0.2) is 13.8 Å². The molecule has 2 heterocycles. The summed E-state index contributed by atoms with van der Waals surface area (Å²) in [7, 11) is 0. The Morgan fingerprint density at radius 2 is 1.74 bits per heavy atom. The van der Waals surface area contributed by atoms with Crippen LogP contribution < -0.4 is 4.90 Å². The Bertz CT molecular complexity index is 776.